The van der Waals surface area contributed by atoms with Crippen LogP contribution in [0.2, 0.25) is 0 Å². The number of anilines is 1. The minimum absolute atomic E-state index is 0.634. The van der Waals surface area contributed by atoms with Crippen LogP contribution in [0.25, 0.3) is 16.2 Å². The van der Waals surface area contributed by atoms with Gasteiger partial charge in [0.25, 0.3) is 0 Å². The zero-order chi connectivity index (χ0) is 21.2. The van der Waals surface area contributed by atoms with Gasteiger partial charge in [-0.05, 0) is 55.8 Å². The predicted octanol–water partition coefficient (Wildman–Crippen LogP) is 4.39. The number of aromatic nitrogens is 5. The largest absolute Gasteiger partial charge is 0.368 e. The molecule has 9 heteroatoms. The van der Waals surface area contributed by atoms with Crippen molar-refractivity contribution >= 4 is 45.4 Å². The van der Waals surface area contributed by atoms with Gasteiger partial charge in [-0.3, -0.25) is 4.98 Å². The molecule has 0 spiro atoms. The zero-order valence-corrected chi connectivity index (χ0v) is 19.0. The summed E-state index contributed by atoms with van der Waals surface area (Å²) in [5.74, 6) is 0.827. The topological polar surface area (TPSA) is 79.7 Å². The fraction of sp³-hybridized carbons (Fsp3) is 0.409. The minimum atomic E-state index is 0.634. The second-order valence-electron chi connectivity index (χ2n) is 7.77. The van der Waals surface area contributed by atoms with E-state index in [4.69, 9.17) is 21.6 Å². The summed E-state index contributed by atoms with van der Waals surface area (Å²) in [6, 6.07) is 1.97. The van der Waals surface area contributed by atoms with Crippen molar-refractivity contribution in [1.29, 1.82) is 0 Å². The maximum absolute atomic E-state index is 6.72. The third-order valence-corrected chi connectivity index (χ3v) is 7.01. The Labute approximate surface area is 190 Å². The lowest BCUT2D eigenvalue weighted by Gasteiger charge is -2.17. The first-order valence-electron chi connectivity index (χ1n) is 10.7. The third kappa shape index (κ3) is 4.37. The number of nitrogens with zero attached hydrogens (tertiary/aromatic N) is 6. The minimum Gasteiger partial charge on any atom is -0.368 e. The molecule has 0 radical (unpaired) electrons. The second kappa shape index (κ2) is 9.06. The van der Waals surface area contributed by atoms with E-state index >= 15 is 0 Å². The van der Waals surface area contributed by atoms with Crippen molar-refractivity contribution in [3.8, 4) is 0 Å². The van der Waals surface area contributed by atoms with Gasteiger partial charge in [0, 0.05) is 43.0 Å². The van der Waals surface area contributed by atoms with Crippen molar-refractivity contribution in [3.05, 3.63) is 41.5 Å². The molecule has 31 heavy (non-hydrogen) atoms. The normalized spacial score (nSPS) is 16.3. The van der Waals surface area contributed by atoms with Crippen LogP contribution in [-0.4, -0.2) is 56.0 Å². The molecule has 4 heterocycles. The fourth-order valence-electron chi connectivity index (χ4n) is 4.09. The highest BCUT2D eigenvalue weighted by atomic mass is 35.5. The molecule has 0 unspecified atom stereocenters. The first-order chi connectivity index (χ1) is 15.2. The van der Waals surface area contributed by atoms with Gasteiger partial charge in [-0.1, -0.05) is 18.5 Å². The first-order valence-corrected chi connectivity index (χ1v) is 11.9. The molecule has 0 atom stereocenters. The van der Waals surface area contributed by atoms with E-state index in [2.05, 4.69) is 32.1 Å². The van der Waals surface area contributed by atoms with Crippen molar-refractivity contribution in [2.45, 2.75) is 42.7 Å². The Morgan fingerprint density at radius 3 is 2.81 bits per heavy atom. The highest BCUT2D eigenvalue weighted by Crippen LogP contribution is 2.41. The molecule has 0 aromatic carbocycles. The van der Waals surface area contributed by atoms with E-state index in [0.29, 0.717) is 10.8 Å². The summed E-state index contributed by atoms with van der Waals surface area (Å²) in [4.78, 5) is 26.1. The summed E-state index contributed by atoms with van der Waals surface area (Å²) in [5, 5.41) is 5.04. The number of hydrogen-bond acceptors (Lipinski definition) is 8. The number of halogens is 1. The number of fused-ring (bicyclic) bond motifs is 2. The molecule has 1 N–H and O–H groups in total. The molecule has 1 saturated heterocycles. The lowest BCUT2D eigenvalue weighted by atomic mass is 10.2. The van der Waals surface area contributed by atoms with Crippen LogP contribution in [0.4, 0.5) is 5.82 Å². The van der Waals surface area contributed by atoms with E-state index in [1.165, 1.54) is 43.3 Å². The van der Waals surface area contributed by atoms with E-state index in [0.717, 1.165) is 58.5 Å². The lowest BCUT2D eigenvalue weighted by molar-refractivity contribution is 0.352. The Kier molecular flexibility index (Phi) is 6.02. The van der Waals surface area contributed by atoms with Gasteiger partial charge in [0.1, 0.15) is 11.3 Å². The number of pyridine rings is 1. The molecular weight excluding hydrogens is 430 g/mol. The van der Waals surface area contributed by atoms with Crippen molar-refractivity contribution < 1.29 is 0 Å². The van der Waals surface area contributed by atoms with E-state index < -0.39 is 0 Å². The molecule has 1 fully saturated rings. The maximum Gasteiger partial charge on any atom is 0.194 e. The monoisotopic (exact) mass is 453 g/mol. The molecule has 0 bridgehead atoms. The first kappa shape index (κ1) is 20.6. The molecule has 0 saturated carbocycles. The van der Waals surface area contributed by atoms with Crippen LogP contribution < -0.4 is 5.32 Å². The third-order valence-electron chi connectivity index (χ3n) is 5.73. The van der Waals surface area contributed by atoms with Gasteiger partial charge in [0.2, 0.25) is 0 Å². The van der Waals surface area contributed by atoms with E-state index in [1.807, 2.05) is 6.07 Å². The molecule has 5 rings (SSSR count). The number of likely N-dealkylation sites (tertiary alicyclic amines) is 1. The Balaban J connectivity index is 1.41. The fourth-order valence-corrected chi connectivity index (χ4v) is 5.27. The van der Waals surface area contributed by atoms with Gasteiger partial charge in [-0.2, -0.15) is 0 Å². The quantitative estimate of drug-likeness (QED) is 0.527. The highest BCUT2D eigenvalue weighted by molar-refractivity contribution is 7.99. The number of allylic oxidation sites excluding steroid dienone is 1. The van der Waals surface area contributed by atoms with E-state index in [1.54, 1.807) is 18.6 Å². The van der Waals surface area contributed by atoms with Crippen molar-refractivity contribution in [2.24, 2.45) is 0 Å². The van der Waals surface area contributed by atoms with E-state index in [9.17, 15) is 0 Å². The lowest BCUT2D eigenvalue weighted by Crippen LogP contribution is -2.26. The Bertz CT molecular complexity index is 1140. The van der Waals surface area contributed by atoms with Crippen molar-refractivity contribution in [1.82, 2.24) is 29.8 Å². The molecular formula is C22H24ClN7S. The summed E-state index contributed by atoms with van der Waals surface area (Å²) in [6.45, 7) is 6.35. The Morgan fingerprint density at radius 2 is 1.97 bits per heavy atom. The number of rotatable bonds is 7. The average molecular weight is 454 g/mol. The van der Waals surface area contributed by atoms with Crippen LogP contribution in [0.5, 0.6) is 0 Å². The zero-order valence-electron chi connectivity index (χ0n) is 17.4. The van der Waals surface area contributed by atoms with Crippen LogP contribution in [0.1, 0.15) is 37.4 Å². The Morgan fingerprint density at radius 1 is 1.13 bits per heavy atom. The summed E-state index contributed by atoms with van der Waals surface area (Å²) < 4.78 is 0. The maximum atomic E-state index is 6.72. The van der Waals surface area contributed by atoms with Crippen LogP contribution >= 0.6 is 23.4 Å². The summed E-state index contributed by atoms with van der Waals surface area (Å²) in [7, 11) is 0. The van der Waals surface area contributed by atoms with E-state index in [-0.39, 0.29) is 0 Å². The van der Waals surface area contributed by atoms with Crippen LogP contribution in [-0.2, 0) is 6.42 Å². The molecule has 1 aliphatic heterocycles. The molecule has 7 nitrogen and oxygen atoms in total. The van der Waals surface area contributed by atoms with Gasteiger partial charge >= 0.3 is 0 Å². The second-order valence-corrected chi connectivity index (χ2v) is 9.19. The molecule has 3 aromatic rings. The van der Waals surface area contributed by atoms with Gasteiger partial charge in [-0.15, -0.1) is 0 Å². The van der Waals surface area contributed by atoms with Crippen molar-refractivity contribution in [2.75, 3.05) is 31.5 Å². The van der Waals surface area contributed by atoms with Crippen LogP contribution in [0.15, 0.2) is 40.3 Å². The van der Waals surface area contributed by atoms with Gasteiger partial charge in [0.15, 0.2) is 10.8 Å². The smallest absolute Gasteiger partial charge is 0.194 e. The summed E-state index contributed by atoms with van der Waals surface area (Å²) in [6.07, 6.45) is 9.40. The SMILES string of the molecule is CCC1=C(Cl)c2c(nc(Sc3cnc4nccnc4c3)nc2NCCN2CCCC2)C1. The van der Waals surface area contributed by atoms with Gasteiger partial charge in [-0.25, -0.2) is 19.9 Å². The summed E-state index contributed by atoms with van der Waals surface area (Å²) >= 11 is 8.20. The number of hydrogen-bond donors (Lipinski definition) is 1. The van der Waals surface area contributed by atoms with Crippen LogP contribution in [0.3, 0.4) is 0 Å². The highest BCUT2D eigenvalue weighted by Gasteiger charge is 2.26. The van der Waals surface area contributed by atoms with Crippen LogP contribution in [0, 0.1) is 0 Å². The summed E-state index contributed by atoms with van der Waals surface area (Å²) in [5.41, 5.74) is 4.58. The molecule has 3 aromatic heterocycles. The standard InChI is InChI=1S/C22H24ClN7S/c1-2-14-11-16-18(19(14)23)21(26-7-10-30-8-3-4-9-30)29-22(28-16)31-15-12-17-20(27-13-15)25-6-5-24-17/h5-6,12-13H,2-4,7-11H2,1H3,(H,26,28,29). The molecule has 160 valence electrons. The molecule has 1 aliphatic carbocycles. The Hall–Kier alpha value is -2.29. The van der Waals surface area contributed by atoms with Gasteiger partial charge < -0.3 is 10.2 Å². The predicted molar refractivity (Wildman–Crippen MR) is 124 cm³/mol. The molecule has 2 aliphatic rings. The van der Waals surface area contributed by atoms with Gasteiger partial charge in [0.05, 0.1) is 16.3 Å². The number of nitrogens with one attached hydrogen (secondary N) is 1. The van der Waals surface area contributed by atoms with Crippen molar-refractivity contribution in [3.63, 3.8) is 0 Å². The average Bonchev–Trinajstić information content (AvgIpc) is 3.41. The molecule has 0 amide bonds.